The molecule has 0 bridgehead atoms. The minimum Gasteiger partial charge on any atom is -0.494 e. The number of benzene rings is 2. The minimum absolute atomic E-state index is 0.0548. The van der Waals surface area contributed by atoms with Crippen LogP contribution in [0, 0.1) is 0 Å². The van der Waals surface area contributed by atoms with Gasteiger partial charge in [-0.3, -0.25) is 24.1 Å². The highest BCUT2D eigenvalue weighted by molar-refractivity contribution is 6.21. The van der Waals surface area contributed by atoms with Crippen LogP contribution < -0.4 is 4.74 Å². The van der Waals surface area contributed by atoms with E-state index in [4.69, 9.17) is 9.47 Å². The highest BCUT2D eigenvalue weighted by atomic mass is 16.6. The number of esters is 1. The van der Waals surface area contributed by atoms with Gasteiger partial charge in [0.1, 0.15) is 17.9 Å². The Bertz CT molecular complexity index is 1160. The number of imide groups is 1. The second kappa shape index (κ2) is 11.2. The summed E-state index contributed by atoms with van der Waals surface area (Å²) in [5.41, 5.74) is 1.91. The van der Waals surface area contributed by atoms with Gasteiger partial charge in [-0.05, 0) is 75.9 Å². The van der Waals surface area contributed by atoms with Crippen LogP contribution in [0.2, 0.25) is 0 Å². The summed E-state index contributed by atoms with van der Waals surface area (Å²) in [4.78, 5) is 52.6. The highest BCUT2D eigenvalue weighted by Crippen LogP contribution is 2.25. The largest absolute Gasteiger partial charge is 0.494 e. The third kappa shape index (κ3) is 6.37. The number of carbonyl (C=O) groups is 4. The fourth-order valence-corrected chi connectivity index (χ4v) is 4.64. The van der Waals surface area contributed by atoms with Crippen LogP contribution in [-0.4, -0.2) is 65.3 Å². The molecule has 2 heterocycles. The van der Waals surface area contributed by atoms with E-state index in [2.05, 4.69) is 0 Å². The molecule has 2 aliphatic heterocycles. The predicted molar refractivity (Wildman–Crippen MR) is 138 cm³/mol. The zero-order valence-corrected chi connectivity index (χ0v) is 21.7. The van der Waals surface area contributed by atoms with Crippen molar-refractivity contribution in [2.45, 2.75) is 58.5 Å². The van der Waals surface area contributed by atoms with Gasteiger partial charge in [0, 0.05) is 18.7 Å². The topological polar surface area (TPSA) is 93.2 Å². The van der Waals surface area contributed by atoms with E-state index >= 15 is 0 Å². The van der Waals surface area contributed by atoms with Crippen molar-refractivity contribution in [3.05, 3.63) is 64.7 Å². The summed E-state index contributed by atoms with van der Waals surface area (Å²) in [5.74, 6) is -0.270. The Hall–Kier alpha value is -3.68. The van der Waals surface area contributed by atoms with Crippen LogP contribution in [0.3, 0.4) is 0 Å². The number of amides is 3. The molecular formula is C29H34N2O6. The van der Waals surface area contributed by atoms with Crippen LogP contribution in [0.1, 0.15) is 83.1 Å². The minimum atomic E-state index is -0.585. The van der Waals surface area contributed by atoms with E-state index in [-0.39, 0.29) is 24.3 Å². The van der Waals surface area contributed by atoms with Crippen molar-refractivity contribution in [2.75, 3.05) is 26.2 Å². The third-order valence-electron chi connectivity index (χ3n) is 6.41. The Labute approximate surface area is 217 Å². The molecule has 8 nitrogen and oxygen atoms in total. The van der Waals surface area contributed by atoms with Gasteiger partial charge in [0.25, 0.3) is 17.7 Å². The molecule has 0 aromatic heterocycles. The Kier molecular flexibility index (Phi) is 7.95. The number of carbonyl (C=O) groups excluding carboxylic acids is 4. The molecule has 196 valence electrons. The molecule has 0 spiro atoms. The first-order valence-electron chi connectivity index (χ1n) is 12.9. The molecule has 0 radical (unpaired) electrons. The Morgan fingerprint density at radius 1 is 0.865 bits per heavy atom. The summed E-state index contributed by atoms with van der Waals surface area (Å²) in [6.45, 7) is 6.79. The molecule has 0 saturated heterocycles. The molecule has 0 atom stereocenters. The summed E-state index contributed by atoms with van der Waals surface area (Å²) in [6, 6.07) is 12.4. The van der Waals surface area contributed by atoms with Crippen molar-refractivity contribution in [2.24, 2.45) is 0 Å². The summed E-state index contributed by atoms with van der Waals surface area (Å²) in [5, 5.41) is 0. The molecule has 3 amide bonds. The van der Waals surface area contributed by atoms with Gasteiger partial charge in [0.05, 0.1) is 17.7 Å². The molecule has 0 fully saturated rings. The van der Waals surface area contributed by atoms with Crippen LogP contribution in [0.5, 0.6) is 5.75 Å². The normalized spacial score (nSPS) is 15.1. The number of fused-ring (bicyclic) bond motifs is 2. The van der Waals surface area contributed by atoms with Gasteiger partial charge in [-0.2, -0.15) is 0 Å². The lowest BCUT2D eigenvalue weighted by Crippen LogP contribution is -2.42. The van der Waals surface area contributed by atoms with Crippen molar-refractivity contribution in [1.82, 2.24) is 9.80 Å². The van der Waals surface area contributed by atoms with Crippen LogP contribution in [0.4, 0.5) is 0 Å². The molecule has 2 aliphatic rings. The number of nitrogens with zero attached hydrogens (tertiary/aromatic N) is 2. The maximum Gasteiger partial charge on any atom is 0.326 e. The third-order valence-corrected chi connectivity index (χ3v) is 6.41. The number of ether oxygens (including phenoxy) is 2. The van der Waals surface area contributed by atoms with E-state index < -0.39 is 11.6 Å². The molecule has 37 heavy (non-hydrogen) atoms. The Balaban J connectivity index is 1.16. The lowest BCUT2D eigenvalue weighted by atomic mass is 9.98. The van der Waals surface area contributed by atoms with Crippen molar-refractivity contribution in [3.63, 3.8) is 0 Å². The van der Waals surface area contributed by atoms with Gasteiger partial charge in [0.2, 0.25) is 0 Å². The molecular weight excluding hydrogens is 472 g/mol. The fraction of sp³-hybridized carbons (Fsp3) is 0.448. The molecule has 0 N–H and O–H groups in total. The second-order valence-electron chi connectivity index (χ2n) is 10.5. The van der Waals surface area contributed by atoms with Gasteiger partial charge >= 0.3 is 5.97 Å². The smallest absolute Gasteiger partial charge is 0.326 e. The summed E-state index contributed by atoms with van der Waals surface area (Å²) in [6.07, 6.45) is 4.07. The highest BCUT2D eigenvalue weighted by Gasteiger charge is 2.34. The van der Waals surface area contributed by atoms with E-state index in [0.29, 0.717) is 42.8 Å². The van der Waals surface area contributed by atoms with Gasteiger partial charge in [-0.1, -0.05) is 25.0 Å². The van der Waals surface area contributed by atoms with Gasteiger partial charge in [-0.25, -0.2) is 0 Å². The first kappa shape index (κ1) is 26.4. The predicted octanol–water partition coefficient (Wildman–Crippen LogP) is 4.26. The maximum atomic E-state index is 12.8. The number of unbranched alkanes of at least 4 members (excludes halogenated alkanes) is 3. The summed E-state index contributed by atoms with van der Waals surface area (Å²) in [7, 11) is 0. The van der Waals surface area contributed by atoms with Gasteiger partial charge in [-0.15, -0.1) is 0 Å². The van der Waals surface area contributed by atoms with E-state index in [0.717, 1.165) is 37.0 Å². The fourth-order valence-electron chi connectivity index (χ4n) is 4.64. The molecule has 2 aromatic carbocycles. The molecule has 0 aliphatic carbocycles. The van der Waals surface area contributed by atoms with Gasteiger partial charge in [0.15, 0.2) is 0 Å². The number of rotatable bonds is 10. The molecule has 0 saturated carbocycles. The standard InChI is InChI=1S/C29H34N2O6/c1-29(2,3)37-25(32)19-30-16-14-20-18-21(12-13-22(20)26(30)33)36-17-9-5-4-8-15-31-27(34)23-10-6-7-11-24(23)28(31)35/h6-7,10-13,18H,4-5,8-9,14-17,19H2,1-3H3. The average Bonchev–Trinajstić information content (AvgIpc) is 3.09. The monoisotopic (exact) mass is 506 g/mol. The SMILES string of the molecule is CC(C)(C)OC(=O)CN1CCc2cc(OCCCCCCN3C(=O)c4ccccc4C3=O)ccc2C1=O. The lowest BCUT2D eigenvalue weighted by molar-refractivity contribution is -0.155. The molecule has 4 rings (SSSR count). The zero-order valence-electron chi connectivity index (χ0n) is 21.7. The van der Waals surface area contributed by atoms with Crippen LogP contribution >= 0.6 is 0 Å². The molecule has 8 heteroatoms. The molecule has 2 aromatic rings. The lowest BCUT2D eigenvalue weighted by Gasteiger charge is -2.29. The van der Waals surface area contributed by atoms with E-state index in [1.807, 2.05) is 6.07 Å². The zero-order chi connectivity index (χ0) is 26.6. The quantitative estimate of drug-likeness (QED) is 0.272. The van der Waals surface area contributed by atoms with Crippen LogP contribution in [-0.2, 0) is 16.0 Å². The second-order valence-corrected chi connectivity index (χ2v) is 10.5. The van der Waals surface area contributed by atoms with Crippen molar-refractivity contribution in [3.8, 4) is 5.75 Å². The van der Waals surface area contributed by atoms with E-state index in [1.54, 1.807) is 57.2 Å². The Morgan fingerprint density at radius 3 is 2.22 bits per heavy atom. The van der Waals surface area contributed by atoms with Crippen molar-refractivity contribution < 1.29 is 28.7 Å². The summed E-state index contributed by atoms with van der Waals surface area (Å²) >= 11 is 0. The summed E-state index contributed by atoms with van der Waals surface area (Å²) < 4.78 is 11.2. The van der Waals surface area contributed by atoms with Gasteiger partial charge < -0.3 is 14.4 Å². The van der Waals surface area contributed by atoms with Crippen LogP contribution in [0.15, 0.2) is 42.5 Å². The van der Waals surface area contributed by atoms with Crippen molar-refractivity contribution >= 4 is 23.7 Å². The maximum absolute atomic E-state index is 12.8. The first-order chi connectivity index (χ1) is 17.6. The number of hydrogen-bond acceptors (Lipinski definition) is 6. The van der Waals surface area contributed by atoms with E-state index in [1.165, 1.54) is 9.80 Å². The van der Waals surface area contributed by atoms with Crippen LogP contribution in [0.25, 0.3) is 0 Å². The molecule has 0 unspecified atom stereocenters. The van der Waals surface area contributed by atoms with E-state index in [9.17, 15) is 19.2 Å². The average molecular weight is 507 g/mol. The van der Waals surface area contributed by atoms with Crippen molar-refractivity contribution in [1.29, 1.82) is 0 Å². The number of hydrogen-bond donors (Lipinski definition) is 0. The first-order valence-corrected chi connectivity index (χ1v) is 12.9. The Morgan fingerprint density at radius 2 is 1.54 bits per heavy atom.